The molecule has 8 nitrogen and oxygen atoms in total. The maximum Gasteiger partial charge on any atom is 0.254 e. The summed E-state index contributed by atoms with van der Waals surface area (Å²) in [7, 11) is 1.61. The van der Waals surface area contributed by atoms with Gasteiger partial charge in [0.15, 0.2) is 5.82 Å². The molecule has 172 valence electrons. The number of benzene rings is 2. The first-order valence-electron chi connectivity index (χ1n) is 11.2. The van der Waals surface area contributed by atoms with Gasteiger partial charge in [-0.05, 0) is 42.8 Å². The maximum absolute atomic E-state index is 12.8. The van der Waals surface area contributed by atoms with Gasteiger partial charge in [0.05, 0.1) is 12.1 Å². The minimum atomic E-state index is -0.133. The second kappa shape index (κ2) is 9.36. The number of rotatable bonds is 8. The molecule has 3 aromatic heterocycles. The first-order valence-corrected chi connectivity index (χ1v) is 11.2. The van der Waals surface area contributed by atoms with Gasteiger partial charge in [0.1, 0.15) is 5.52 Å². The molecule has 0 unspecified atom stereocenters. The Kier molecular flexibility index (Phi) is 5.97. The minimum Gasteiger partial charge on any atom is -0.383 e. The number of hydrogen-bond donors (Lipinski definition) is 2. The second-order valence-corrected chi connectivity index (χ2v) is 8.05. The molecular weight excluding hydrogens is 428 g/mol. The Balaban J connectivity index is 1.55. The molecule has 0 atom stereocenters. The van der Waals surface area contributed by atoms with E-state index in [2.05, 4.69) is 22.8 Å². The predicted octanol–water partition coefficient (Wildman–Crippen LogP) is 3.97. The van der Waals surface area contributed by atoms with Crippen LogP contribution in [0, 0.1) is 6.92 Å². The van der Waals surface area contributed by atoms with Crippen molar-refractivity contribution in [1.82, 2.24) is 24.5 Å². The maximum atomic E-state index is 12.8. The normalized spacial score (nSPS) is 11.2. The van der Waals surface area contributed by atoms with E-state index in [1.54, 1.807) is 7.11 Å². The van der Waals surface area contributed by atoms with Gasteiger partial charge in [0, 0.05) is 43.0 Å². The highest BCUT2D eigenvalue weighted by atomic mass is 16.5. The molecule has 5 rings (SSSR count). The van der Waals surface area contributed by atoms with Gasteiger partial charge < -0.3 is 15.4 Å². The summed E-state index contributed by atoms with van der Waals surface area (Å²) in [5, 5.41) is 12.0. The number of ether oxygens (including phenoxy) is 1. The van der Waals surface area contributed by atoms with Crippen molar-refractivity contribution < 1.29 is 9.53 Å². The summed E-state index contributed by atoms with van der Waals surface area (Å²) in [5.41, 5.74) is 4.48. The molecule has 0 saturated heterocycles. The lowest BCUT2D eigenvalue weighted by atomic mass is 10.1. The molecule has 34 heavy (non-hydrogen) atoms. The molecule has 0 bridgehead atoms. The van der Waals surface area contributed by atoms with Gasteiger partial charge in [0.25, 0.3) is 11.9 Å². The Morgan fingerprint density at radius 3 is 2.68 bits per heavy atom. The standard InChI is InChI=1S/C26H26N6O2/c1-18-16-21-20(25(33)27-13-15-34-2)10-6-11-22(21)32(18)26-29-24(23-12-7-14-31(23)30-26)28-17-19-8-4-3-5-9-19/h3-12,14,16H,13,15,17H2,1-2H3,(H,27,33)(H,28,29,30). The third-order valence-corrected chi connectivity index (χ3v) is 5.75. The van der Waals surface area contributed by atoms with E-state index < -0.39 is 0 Å². The van der Waals surface area contributed by atoms with Crippen molar-refractivity contribution in [2.45, 2.75) is 13.5 Å². The molecule has 2 N–H and O–H groups in total. The van der Waals surface area contributed by atoms with Crippen LogP contribution in [-0.2, 0) is 11.3 Å². The van der Waals surface area contributed by atoms with E-state index in [4.69, 9.17) is 14.8 Å². The topological polar surface area (TPSA) is 85.5 Å². The molecule has 0 radical (unpaired) electrons. The van der Waals surface area contributed by atoms with Crippen molar-refractivity contribution in [3.05, 3.63) is 89.7 Å². The Labute approximate surface area is 197 Å². The fourth-order valence-corrected chi connectivity index (χ4v) is 4.12. The van der Waals surface area contributed by atoms with Gasteiger partial charge >= 0.3 is 0 Å². The third-order valence-electron chi connectivity index (χ3n) is 5.75. The first-order chi connectivity index (χ1) is 16.7. The Bertz CT molecular complexity index is 1450. The number of nitrogens with one attached hydrogen (secondary N) is 2. The SMILES string of the molecule is COCCNC(=O)c1cccc2c1cc(C)n2-c1nc(NCc2ccccc2)c2cccn2n1. The van der Waals surface area contributed by atoms with Crippen LogP contribution in [-0.4, -0.2) is 45.3 Å². The lowest BCUT2D eigenvalue weighted by Crippen LogP contribution is -2.27. The van der Waals surface area contributed by atoms with Crippen molar-refractivity contribution in [3.8, 4) is 5.95 Å². The summed E-state index contributed by atoms with van der Waals surface area (Å²) in [5.74, 6) is 1.14. The average molecular weight is 455 g/mol. The molecule has 0 aliphatic carbocycles. The monoisotopic (exact) mass is 454 g/mol. The molecule has 0 spiro atoms. The van der Waals surface area contributed by atoms with E-state index in [0.29, 0.717) is 31.2 Å². The Morgan fingerprint density at radius 2 is 1.85 bits per heavy atom. The fourth-order valence-electron chi connectivity index (χ4n) is 4.12. The van der Waals surface area contributed by atoms with Crippen LogP contribution in [0.4, 0.5) is 5.82 Å². The Hall–Kier alpha value is -4.17. The second-order valence-electron chi connectivity index (χ2n) is 8.05. The van der Waals surface area contributed by atoms with E-state index in [1.807, 2.05) is 76.8 Å². The smallest absolute Gasteiger partial charge is 0.254 e. The molecule has 0 aliphatic heterocycles. The molecule has 1 amide bonds. The van der Waals surface area contributed by atoms with Crippen LogP contribution < -0.4 is 10.6 Å². The highest BCUT2D eigenvalue weighted by molar-refractivity contribution is 6.07. The van der Waals surface area contributed by atoms with Crippen LogP contribution in [0.1, 0.15) is 21.6 Å². The van der Waals surface area contributed by atoms with Crippen molar-refractivity contribution in [3.63, 3.8) is 0 Å². The fraction of sp³-hybridized carbons (Fsp3) is 0.192. The number of carbonyl (C=O) groups is 1. The summed E-state index contributed by atoms with van der Waals surface area (Å²) >= 11 is 0. The highest BCUT2D eigenvalue weighted by Crippen LogP contribution is 2.27. The van der Waals surface area contributed by atoms with Crippen LogP contribution in [0.2, 0.25) is 0 Å². The first kappa shape index (κ1) is 21.7. The summed E-state index contributed by atoms with van der Waals surface area (Å²) < 4.78 is 8.84. The van der Waals surface area contributed by atoms with Gasteiger partial charge in [-0.3, -0.25) is 9.36 Å². The lowest BCUT2D eigenvalue weighted by molar-refractivity contribution is 0.0938. The van der Waals surface area contributed by atoms with Crippen molar-refractivity contribution in [2.24, 2.45) is 0 Å². The van der Waals surface area contributed by atoms with Gasteiger partial charge in [-0.15, -0.1) is 5.10 Å². The third kappa shape index (κ3) is 4.11. The van der Waals surface area contributed by atoms with Crippen LogP contribution in [0.15, 0.2) is 72.9 Å². The molecule has 2 aromatic carbocycles. The summed E-state index contributed by atoms with van der Waals surface area (Å²) in [4.78, 5) is 17.7. The van der Waals surface area contributed by atoms with Gasteiger partial charge in [0.2, 0.25) is 0 Å². The number of hydrogen-bond acceptors (Lipinski definition) is 5. The summed E-state index contributed by atoms with van der Waals surface area (Å²) in [6, 6.07) is 21.8. The van der Waals surface area contributed by atoms with Crippen molar-refractivity contribution >= 4 is 28.1 Å². The number of amides is 1. The van der Waals surface area contributed by atoms with E-state index in [0.717, 1.165) is 27.9 Å². The number of nitrogens with zero attached hydrogens (tertiary/aromatic N) is 4. The molecule has 5 aromatic rings. The zero-order valence-corrected chi connectivity index (χ0v) is 19.2. The quantitative estimate of drug-likeness (QED) is 0.347. The van der Waals surface area contributed by atoms with Crippen molar-refractivity contribution in [1.29, 1.82) is 0 Å². The van der Waals surface area contributed by atoms with Gasteiger partial charge in [-0.2, -0.15) is 4.98 Å². The molecular formula is C26H26N6O2. The number of anilines is 1. The number of methoxy groups -OCH3 is 1. The molecule has 0 fully saturated rings. The number of carbonyl (C=O) groups excluding carboxylic acids is 1. The zero-order chi connectivity index (χ0) is 23.5. The molecule has 0 aliphatic rings. The number of aromatic nitrogens is 4. The summed E-state index contributed by atoms with van der Waals surface area (Å²) in [6.07, 6.45) is 1.91. The van der Waals surface area contributed by atoms with Crippen LogP contribution in [0.25, 0.3) is 22.4 Å². The molecule has 8 heteroatoms. The van der Waals surface area contributed by atoms with E-state index in [-0.39, 0.29) is 5.91 Å². The highest BCUT2D eigenvalue weighted by Gasteiger charge is 2.18. The van der Waals surface area contributed by atoms with E-state index in [9.17, 15) is 4.79 Å². The summed E-state index contributed by atoms with van der Waals surface area (Å²) in [6.45, 7) is 3.56. The average Bonchev–Trinajstić information content (AvgIpc) is 3.46. The zero-order valence-electron chi connectivity index (χ0n) is 19.2. The predicted molar refractivity (Wildman–Crippen MR) is 133 cm³/mol. The lowest BCUT2D eigenvalue weighted by Gasteiger charge is -2.12. The molecule has 0 saturated carbocycles. The van der Waals surface area contributed by atoms with E-state index in [1.165, 1.54) is 5.56 Å². The Morgan fingerprint density at radius 1 is 1.03 bits per heavy atom. The molecule has 3 heterocycles. The van der Waals surface area contributed by atoms with Gasteiger partial charge in [-0.25, -0.2) is 4.52 Å². The number of aryl methyl sites for hydroxylation is 1. The largest absolute Gasteiger partial charge is 0.383 e. The van der Waals surface area contributed by atoms with Crippen LogP contribution >= 0.6 is 0 Å². The minimum absolute atomic E-state index is 0.133. The van der Waals surface area contributed by atoms with Gasteiger partial charge in [-0.1, -0.05) is 36.4 Å². The van der Waals surface area contributed by atoms with Crippen molar-refractivity contribution in [2.75, 3.05) is 25.6 Å². The number of fused-ring (bicyclic) bond motifs is 2. The van der Waals surface area contributed by atoms with Crippen LogP contribution in [0.5, 0.6) is 0 Å². The van der Waals surface area contributed by atoms with E-state index >= 15 is 0 Å². The van der Waals surface area contributed by atoms with Crippen LogP contribution in [0.3, 0.4) is 0 Å².